The second-order valence-electron chi connectivity index (χ2n) is 3.66. The molecule has 0 saturated carbocycles. The predicted molar refractivity (Wildman–Crippen MR) is 53.9 cm³/mol. The van der Waals surface area contributed by atoms with E-state index in [9.17, 15) is 13.2 Å². The molecule has 1 aliphatic rings. The molecule has 0 aromatic heterocycles. The van der Waals surface area contributed by atoms with Gasteiger partial charge < -0.3 is 4.74 Å². The van der Waals surface area contributed by atoms with Crippen molar-refractivity contribution in [3.05, 3.63) is 48.0 Å². The third-order valence-electron chi connectivity index (χ3n) is 2.47. The lowest BCUT2D eigenvalue weighted by Gasteiger charge is -2.27. The lowest BCUT2D eigenvalue weighted by atomic mass is 10.0. The lowest BCUT2D eigenvalue weighted by molar-refractivity contribution is -0.220. The maximum atomic E-state index is 12.5. The normalized spacial score (nSPS) is 25.7. The van der Waals surface area contributed by atoms with E-state index in [4.69, 9.17) is 4.74 Å². The molecule has 0 radical (unpaired) electrons. The Morgan fingerprint density at radius 3 is 2.44 bits per heavy atom. The Morgan fingerprint density at radius 2 is 1.81 bits per heavy atom. The molecule has 1 aromatic carbocycles. The van der Waals surface area contributed by atoms with Crippen molar-refractivity contribution in [3.8, 4) is 0 Å². The van der Waals surface area contributed by atoms with Crippen molar-refractivity contribution in [3.63, 3.8) is 0 Å². The minimum atomic E-state index is -4.33. The van der Waals surface area contributed by atoms with Crippen LogP contribution in [0, 0.1) is 0 Å². The third kappa shape index (κ3) is 2.44. The molecule has 86 valence electrons. The van der Waals surface area contributed by atoms with Gasteiger partial charge in [0.1, 0.15) is 0 Å². The van der Waals surface area contributed by atoms with Gasteiger partial charge in [-0.3, -0.25) is 0 Å². The fraction of sp³-hybridized carbons (Fsp3) is 0.333. The molecular formula is C12H11F3O. The van der Waals surface area contributed by atoms with Crippen LogP contribution in [0.3, 0.4) is 0 Å². The molecule has 0 saturated heterocycles. The molecule has 4 heteroatoms. The molecule has 0 amide bonds. The van der Waals surface area contributed by atoms with Gasteiger partial charge in [-0.25, -0.2) is 0 Å². The molecule has 0 spiro atoms. The van der Waals surface area contributed by atoms with E-state index in [1.807, 2.05) is 6.07 Å². The Balaban J connectivity index is 2.14. The molecule has 0 unspecified atom stereocenters. The summed E-state index contributed by atoms with van der Waals surface area (Å²) < 4.78 is 42.4. The van der Waals surface area contributed by atoms with E-state index in [2.05, 4.69) is 0 Å². The first kappa shape index (κ1) is 11.2. The number of benzene rings is 1. The van der Waals surface area contributed by atoms with Crippen molar-refractivity contribution in [1.29, 1.82) is 0 Å². The summed E-state index contributed by atoms with van der Waals surface area (Å²) in [5.74, 6) is 0. The van der Waals surface area contributed by atoms with E-state index < -0.39 is 18.4 Å². The largest absolute Gasteiger partial charge is 0.418 e. The van der Waals surface area contributed by atoms with Gasteiger partial charge in [-0.2, -0.15) is 13.2 Å². The molecule has 2 atom stereocenters. The van der Waals surface area contributed by atoms with Crippen LogP contribution in [0.4, 0.5) is 13.2 Å². The summed E-state index contributed by atoms with van der Waals surface area (Å²) in [7, 11) is 0. The van der Waals surface area contributed by atoms with Crippen molar-refractivity contribution in [2.24, 2.45) is 0 Å². The fourth-order valence-electron chi connectivity index (χ4n) is 1.67. The number of alkyl halides is 3. The number of hydrogen-bond donors (Lipinski definition) is 0. The first-order valence-electron chi connectivity index (χ1n) is 5.01. The molecule has 0 bridgehead atoms. The van der Waals surface area contributed by atoms with Crippen molar-refractivity contribution >= 4 is 0 Å². The molecule has 0 N–H and O–H groups in total. The topological polar surface area (TPSA) is 9.23 Å². The van der Waals surface area contributed by atoms with Crippen molar-refractivity contribution in [1.82, 2.24) is 0 Å². The van der Waals surface area contributed by atoms with Gasteiger partial charge in [-0.1, -0.05) is 42.5 Å². The maximum absolute atomic E-state index is 12.5. The molecule has 1 nitrogen and oxygen atoms in total. The minimum Gasteiger partial charge on any atom is -0.356 e. The van der Waals surface area contributed by atoms with Crippen LogP contribution in [0.2, 0.25) is 0 Å². The molecular weight excluding hydrogens is 217 g/mol. The minimum absolute atomic E-state index is 0.483. The lowest BCUT2D eigenvalue weighted by Crippen LogP contribution is -2.33. The highest BCUT2D eigenvalue weighted by molar-refractivity contribution is 5.20. The summed E-state index contributed by atoms with van der Waals surface area (Å²) >= 11 is 0. The van der Waals surface area contributed by atoms with E-state index in [-0.39, 0.29) is 0 Å². The van der Waals surface area contributed by atoms with Crippen LogP contribution in [-0.4, -0.2) is 12.3 Å². The number of ether oxygens (including phenoxy) is 1. The number of halogens is 3. The van der Waals surface area contributed by atoms with Crippen molar-refractivity contribution < 1.29 is 17.9 Å². The molecule has 0 aliphatic carbocycles. The predicted octanol–water partition coefficient (Wildman–Crippen LogP) is 3.64. The first-order valence-corrected chi connectivity index (χ1v) is 5.01. The Morgan fingerprint density at radius 1 is 1.12 bits per heavy atom. The van der Waals surface area contributed by atoms with Crippen LogP contribution in [0.25, 0.3) is 0 Å². The summed E-state index contributed by atoms with van der Waals surface area (Å²) in [5.41, 5.74) is 0.779. The third-order valence-corrected chi connectivity index (χ3v) is 2.47. The van der Waals surface area contributed by atoms with Gasteiger partial charge >= 0.3 is 6.18 Å². The maximum Gasteiger partial charge on any atom is 0.418 e. The van der Waals surface area contributed by atoms with E-state index in [1.54, 1.807) is 24.3 Å². The summed E-state index contributed by atoms with van der Waals surface area (Å²) in [5, 5.41) is 0. The average Bonchev–Trinajstić information content (AvgIpc) is 2.29. The van der Waals surface area contributed by atoms with E-state index in [0.717, 1.165) is 11.6 Å². The summed E-state index contributed by atoms with van der Waals surface area (Å²) in [4.78, 5) is 0. The summed E-state index contributed by atoms with van der Waals surface area (Å²) in [6, 6.07) is 8.96. The second-order valence-corrected chi connectivity index (χ2v) is 3.66. The van der Waals surface area contributed by atoms with Gasteiger partial charge in [0.2, 0.25) is 0 Å². The smallest absolute Gasteiger partial charge is 0.356 e. The number of rotatable bonds is 1. The monoisotopic (exact) mass is 228 g/mol. The van der Waals surface area contributed by atoms with E-state index >= 15 is 0 Å². The SMILES string of the molecule is FC(F)(F)[C@H]1C=CC[C@H](c2ccccc2)O1. The summed E-state index contributed by atoms with van der Waals surface area (Å²) in [6.07, 6.45) is -3.54. The van der Waals surface area contributed by atoms with Crippen LogP contribution in [0.1, 0.15) is 18.1 Å². The Hall–Kier alpha value is -1.29. The molecule has 1 heterocycles. The van der Waals surface area contributed by atoms with Crippen LogP contribution >= 0.6 is 0 Å². The average molecular weight is 228 g/mol. The molecule has 16 heavy (non-hydrogen) atoms. The zero-order chi connectivity index (χ0) is 11.6. The van der Waals surface area contributed by atoms with E-state index in [0.29, 0.717) is 6.42 Å². The zero-order valence-electron chi connectivity index (χ0n) is 8.45. The standard InChI is InChI=1S/C12H11F3O/c13-12(14,15)11-8-4-7-10(16-11)9-5-2-1-3-6-9/h1-6,8,10-11H,7H2/t10-,11-/m1/s1. The first-order chi connectivity index (χ1) is 7.57. The van der Waals surface area contributed by atoms with Gasteiger partial charge in [0.15, 0.2) is 6.10 Å². The second kappa shape index (κ2) is 4.29. The Labute approximate surface area is 91.5 Å². The van der Waals surface area contributed by atoms with Gasteiger partial charge in [-0.15, -0.1) is 0 Å². The van der Waals surface area contributed by atoms with Crippen molar-refractivity contribution in [2.45, 2.75) is 24.8 Å². The molecule has 1 aliphatic heterocycles. The van der Waals surface area contributed by atoms with Crippen molar-refractivity contribution in [2.75, 3.05) is 0 Å². The molecule has 0 fully saturated rings. The highest BCUT2D eigenvalue weighted by Crippen LogP contribution is 2.34. The Kier molecular flexibility index (Phi) is 3.01. The highest BCUT2D eigenvalue weighted by atomic mass is 19.4. The summed E-state index contributed by atoms with van der Waals surface area (Å²) in [6.45, 7) is 0. The van der Waals surface area contributed by atoms with Gasteiger partial charge in [0.25, 0.3) is 0 Å². The van der Waals surface area contributed by atoms with Gasteiger partial charge in [0.05, 0.1) is 6.10 Å². The van der Waals surface area contributed by atoms with Crippen LogP contribution in [-0.2, 0) is 4.74 Å². The van der Waals surface area contributed by atoms with Gasteiger partial charge in [-0.05, 0) is 12.0 Å². The fourth-order valence-corrected chi connectivity index (χ4v) is 1.67. The quantitative estimate of drug-likeness (QED) is 0.667. The van der Waals surface area contributed by atoms with Gasteiger partial charge in [0, 0.05) is 0 Å². The van der Waals surface area contributed by atoms with E-state index in [1.165, 1.54) is 6.08 Å². The highest BCUT2D eigenvalue weighted by Gasteiger charge is 2.41. The molecule has 2 rings (SSSR count). The van der Waals surface area contributed by atoms with Crippen LogP contribution in [0.15, 0.2) is 42.5 Å². The van der Waals surface area contributed by atoms with Crippen LogP contribution < -0.4 is 0 Å². The number of hydrogen-bond acceptors (Lipinski definition) is 1. The zero-order valence-corrected chi connectivity index (χ0v) is 8.45. The molecule has 1 aromatic rings. The van der Waals surface area contributed by atoms with Crippen LogP contribution in [0.5, 0.6) is 0 Å². The Bertz CT molecular complexity index is 370.